The van der Waals surface area contributed by atoms with Gasteiger partial charge in [-0.1, -0.05) is 31.5 Å². The number of methoxy groups -OCH3 is 1. The van der Waals surface area contributed by atoms with Gasteiger partial charge >= 0.3 is 0 Å². The summed E-state index contributed by atoms with van der Waals surface area (Å²) in [5.41, 5.74) is 3.67. The van der Waals surface area contributed by atoms with Crippen molar-refractivity contribution in [3.8, 4) is 11.5 Å². The first-order chi connectivity index (χ1) is 14.0. The van der Waals surface area contributed by atoms with Gasteiger partial charge in [-0.2, -0.15) is 5.10 Å². The molecule has 2 N–H and O–H groups in total. The summed E-state index contributed by atoms with van der Waals surface area (Å²) in [6, 6.07) is 12.5. The molecule has 0 aliphatic rings. The molecule has 29 heavy (non-hydrogen) atoms. The van der Waals surface area contributed by atoms with E-state index in [-0.39, 0.29) is 6.42 Å². The van der Waals surface area contributed by atoms with Crippen LogP contribution in [0, 0.1) is 0 Å². The fraction of sp³-hybridized carbons (Fsp3) is 0.286. The van der Waals surface area contributed by atoms with Crippen molar-refractivity contribution in [1.29, 1.82) is 0 Å². The van der Waals surface area contributed by atoms with E-state index in [0.717, 1.165) is 17.3 Å². The minimum atomic E-state index is -0.514. The average molecular weight is 462 g/mol. The number of unbranched alkanes of at least 4 members (excludes halogenated alkanes) is 1. The van der Waals surface area contributed by atoms with Crippen molar-refractivity contribution in [1.82, 2.24) is 5.43 Å². The van der Waals surface area contributed by atoms with Crippen molar-refractivity contribution in [2.45, 2.75) is 26.2 Å². The van der Waals surface area contributed by atoms with Gasteiger partial charge in [0.2, 0.25) is 11.8 Å². The lowest BCUT2D eigenvalue weighted by Gasteiger charge is -2.13. The Morgan fingerprint density at radius 2 is 1.93 bits per heavy atom. The Labute approximate surface area is 178 Å². The molecular weight excluding hydrogens is 438 g/mol. The van der Waals surface area contributed by atoms with Crippen molar-refractivity contribution >= 4 is 39.6 Å². The zero-order valence-corrected chi connectivity index (χ0v) is 18.0. The second-order valence-corrected chi connectivity index (χ2v) is 6.97. The van der Waals surface area contributed by atoms with Crippen LogP contribution < -0.4 is 20.2 Å². The van der Waals surface area contributed by atoms with Gasteiger partial charge in [-0.3, -0.25) is 9.59 Å². The largest absolute Gasteiger partial charge is 0.493 e. The predicted octanol–water partition coefficient (Wildman–Crippen LogP) is 4.12. The fourth-order valence-corrected chi connectivity index (χ4v) is 2.94. The molecule has 0 unspecified atom stereocenters. The summed E-state index contributed by atoms with van der Waals surface area (Å²) in [4.78, 5) is 23.8. The van der Waals surface area contributed by atoms with Crippen LogP contribution in [0.1, 0.15) is 31.7 Å². The molecule has 0 bridgehead atoms. The number of hydrazone groups is 1. The van der Waals surface area contributed by atoms with Crippen LogP contribution in [0.15, 0.2) is 52.0 Å². The number of ether oxygens (including phenoxy) is 2. The summed E-state index contributed by atoms with van der Waals surface area (Å²) in [5.74, 6) is 0.257. The summed E-state index contributed by atoms with van der Waals surface area (Å²) in [7, 11) is 1.56. The maximum atomic E-state index is 11.9. The van der Waals surface area contributed by atoms with E-state index < -0.39 is 11.8 Å². The monoisotopic (exact) mass is 461 g/mol. The first-order valence-electron chi connectivity index (χ1n) is 9.20. The molecule has 0 saturated carbocycles. The molecule has 154 valence electrons. The third kappa shape index (κ3) is 7.57. The zero-order chi connectivity index (χ0) is 21.1. The van der Waals surface area contributed by atoms with E-state index in [4.69, 9.17) is 9.47 Å². The molecule has 2 aromatic rings. The van der Waals surface area contributed by atoms with E-state index >= 15 is 0 Å². The van der Waals surface area contributed by atoms with E-state index in [1.807, 2.05) is 12.1 Å². The SMILES string of the molecule is CCCCOc1c(Br)cc(C=NNC(=O)CC(=O)Nc2ccccc2)cc1OC. The van der Waals surface area contributed by atoms with Gasteiger partial charge in [0.15, 0.2) is 11.5 Å². The van der Waals surface area contributed by atoms with Crippen LogP contribution in [0.4, 0.5) is 5.69 Å². The summed E-state index contributed by atoms with van der Waals surface area (Å²) >= 11 is 3.47. The summed E-state index contributed by atoms with van der Waals surface area (Å²) < 4.78 is 11.9. The minimum absolute atomic E-state index is 0.330. The number of rotatable bonds is 10. The number of para-hydroxylation sites is 1. The second-order valence-electron chi connectivity index (χ2n) is 6.12. The minimum Gasteiger partial charge on any atom is -0.493 e. The highest BCUT2D eigenvalue weighted by Crippen LogP contribution is 2.36. The number of anilines is 1. The zero-order valence-electron chi connectivity index (χ0n) is 16.4. The lowest BCUT2D eigenvalue weighted by atomic mass is 10.2. The van der Waals surface area contributed by atoms with E-state index in [1.165, 1.54) is 6.21 Å². The molecule has 2 amide bonds. The average Bonchev–Trinajstić information content (AvgIpc) is 2.70. The number of nitrogens with one attached hydrogen (secondary N) is 2. The maximum absolute atomic E-state index is 11.9. The molecule has 0 aliphatic carbocycles. The number of amides is 2. The van der Waals surface area contributed by atoms with Crippen LogP contribution in [0.5, 0.6) is 11.5 Å². The Hall–Kier alpha value is -2.87. The van der Waals surface area contributed by atoms with Gasteiger partial charge in [0.25, 0.3) is 0 Å². The molecule has 0 fully saturated rings. The summed E-state index contributed by atoms with van der Waals surface area (Å²) in [6.07, 6.45) is 3.12. The normalized spacial score (nSPS) is 10.6. The first kappa shape index (κ1) is 22.4. The van der Waals surface area contributed by atoms with E-state index in [9.17, 15) is 9.59 Å². The molecule has 0 radical (unpaired) electrons. The smallest absolute Gasteiger partial charge is 0.249 e. The van der Waals surface area contributed by atoms with Gasteiger partial charge in [0, 0.05) is 5.69 Å². The third-order valence-electron chi connectivity index (χ3n) is 3.78. The molecule has 0 aliphatic heterocycles. The molecule has 0 atom stereocenters. The van der Waals surface area contributed by atoms with Crippen molar-refractivity contribution in [2.24, 2.45) is 5.10 Å². The van der Waals surface area contributed by atoms with E-state index in [1.54, 1.807) is 37.4 Å². The number of hydrogen-bond acceptors (Lipinski definition) is 5. The van der Waals surface area contributed by atoms with E-state index in [0.29, 0.717) is 29.4 Å². The highest BCUT2D eigenvalue weighted by Gasteiger charge is 2.12. The first-order valence-corrected chi connectivity index (χ1v) is 10.00. The molecule has 2 rings (SSSR count). The highest BCUT2D eigenvalue weighted by molar-refractivity contribution is 9.10. The number of hydrogen-bond donors (Lipinski definition) is 2. The topological polar surface area (TPSA) is 89.0 Å². The van der Waals surface area contributed by atoms with Crippen LogP contribution in [0.2, 0.25) is 0 Å². The van der Waals surface area contributed by atoms with Gasteiger partial charge < -0.3 is 14.8 Å². The van der Waals surface area contributed by atoms with Gasteiger partial charge in [0.05, 0.1) is 24.4 Å². The number of carbonyl (C=O) groups is 2. The van der Waals surface area contributed by atoms with Crippen LogP contribution in [-0.4, -0.2) is 31.7 Å². The Morgan fingerprint density at radius 1 is 1.17 bits per heavy atom. The predicted molar refractivity (Wildman–Crippen MR) is 117 cm³/mol. The number of nitrogens with zero attached hydrogens (tertiary/aromatic N) is 1. The molecule has 0 aromatic heterocycles. The molecule has 0 spiro atoms. The van der Waals surface area contributed by atoms with Gasteiger partial charge in [-0.15, -0.1) is 0 Å². The van der Waals surface area contributed by atoms with E-state index in [2.05, 4.69) is 38.7 Å². The standard InChI is InChI=1S/C21H24BrN3O4/c1-3-4-10-29-21-17(22)11-15(12-18(21)28-2)14-23-25-20(27)13-19(26)24-16-8-6-5-7-9-16/h5-9,11-12,14H,3-4,10,13H2,1-2H3,(H,24,26)(H,25,27). The lowest BCUT2D eigenvalue weighted by molar-refractivity contribution is -0.126. The van der Waals surface area contributed by atoms with Crippen LogP contribution >= 0.6 is 15.9 Å². The van der Waals surface area contributed by atoms with Crippen molar-refractivity contribution in [3.05, 3.63) is 52.5 Å². The van der Waals surface area contributed by atoms with Crippen LogP contribution in [0.25, 0.3) is 0 Å². The van der Waals surface area contributed by atoms with Gasteiger partial charge in [0.1, 0.15) is 6.42 Å². The lowest BCUT2D eigenvalue weighted by Crippen LogP contribution is -2.24. The van der Waals surface area contributed by atoms with Crippen LogP contribution in [0.3, 0.4) is 0 Å². The molecule has 7 nitrogen and oxygen atoms in total. The molecular formula is C21H24BrN3O4. The Bertz CT molecular complexity index is 857. The molecule has 8 heteroatoms. The maximum Gasteiger partial charge on any atom is 0.249 e. The van der Waals surface area contributed by atoms with Crippen molar-refractivity contribution in [3.63, 3.8) is 0 Å². The molecule has 0 heterocycles. The highest BCUT2D eigenvalue weighted by atomic mass is 79.9. The van der Waals surface area contributed by atoms with Crippen molar-refractivity contribution in [2.75, 3.05) is 19.0 Å². The quantitative estimate of drug-likeness (QED) is 0.241. The summed E-state index contributed by atoms with van der Waals surface area (Å²) in [5, 5.41) is 6.54. The van der Waals surface area contributed by atoms with Crippen molar-refractivity contribution < 1.29 is 19.1 Å². The van der Waals surface area contributed by atoms with Gasteiger partial charge in [-0.05, 0) is 52.2 Å². The third-order valence-corrected chi connectivity index (χ3v) is 4.37. The molecule has 0 saturated heterocycles. The van der Waals surface area contributed by atoms with Crippen LogP contribution in [-0.2, 0) is 9.59 Å². The number of carbonyl (C=O) groups excluding carboxylic acids is 2. The second kappa shape index (κ2) is 11.9. The summed E-state index contributed by atoms with van der Waals surface area (Å²) in [6.45, 7) is 2.69. The Kier molecular flexibility index (Phi) is 9.17. The number of halogens is 1. The van der Waals surface area contributed by atoms with Gasteiger partial charge in [-0.25, -0.2) is 5.43 Å². The number of benzene rings is 2. The fourth-order valence-electron chi connectivity index (χ4n) is 2.36. The molecule has 2 aromatic carbocycles. The Balaban J connectivity index is 1.91. The Morgan fingerprint density at radius 3 is 2.62 bits per heavy atom.